The Balaban J connectivity index is 2.00. The fourth-order valence-electron chi connectivity index (χ4n) is 5.89. The molecule has 3 saturated carbocycles. The summed E-state index contributed by atoms with van der Waals surface area (Å²) in [5.41, 5.74) is 1.15. The van der Waals surface area contributed by atoms with Gasteiger partial charge in [-0.3, -0.25) is 0 Å². The molecule has 92 valence electrons. The van der Waals surface area contributed by atoms with Gasteiger partial charge < -0.3 is 5.11 Å². The first kappa shape index (κ1) is 11.1. The lowest BCUT2D eigenvalue weighted by Crippen LogP contribution is -2.33. The Morgan fingerprint density at radius 1 is 1.19 bits per heavy atom. The van der Waals surface area contributed by atoms with E-state index in [-0.39, 0.29) is 0 Å². The molecule has 1 spiro atoms. The van der Waals surface area contributed by atoms with E-state index in [4.69, 9.17) is 0 Å². The molecular weight excluding hydrogens is 196 g/mol. The molecule has 0 aromatic rings. The van der Waals surface area contributed by atoms with E-state index in [2.05, 4.69) is 20.8 Å². The van der Waals surface area contributed by atoms with Crippen LogP contribution >= 0.6 is 0 Å². The average molecular weight is 222 g/mol. The second-order valence-electron chi connectivity index (χ2n) is 7.38. The molecule has 3 aliphatic rings. The third kappa shape index (κ3) is 1.11. The molecule has 0 unspecified atom stereocenters. The van der Waals surface area contributed by atoms with E-state index in [1.54, 1.807) is 0 Å². The summed E-state index contributed by atoms with van der Waals surface area (Å²) in [6.07, 6.45) is 6.99. The number of fused-ring (bicyclic) bond motifs is 1. The zero-order chi connectivity index (χ0) is 11.6. The Morgan fingerprint density at radius 3 is 2.62 bits per heavy atom. The van der Waals surface area contributed by atoms with Crippen LogP contribution in [-0.4, -0.2) is 11.7 Å². The van der Waals surface area contributed by atoms with E-state index in [1.807, 2.05) is 0 Å². The van der Waals surface area contributed by atoms with Gasteiger partial charge in [0.2, 0.25) is 0 Å². The molecule has 16 heavy (non-hydrogen) atoms. The van der Waals surface area contributed by atoms with E-state index in [0.717, 1.165) is 17.8 Å². The highest BCUT2D eigenvalue weighted by molar-refractivity contribution is 5.13. The lowest BCUT2D eigenvalue weighted by Gasteiger charge is -2.40. The van der Waals surface area contributed by atoms with E-state index in [0.29, 0.717) is 23.4 Å². The van der Waals surface area contributed by atoms with Gasteiger partial charge in [0, 0.05) is 6.61 Å². The van der Waals surface area contributed by atoms with Gasteiger partial charge in [-0.2, -0.15) is 0 Å². The monoisotopic (exact) mass is 222 g/mol. The lowest BCUT2D eigenvalue weighted by molar-refractivity contribution is 0.0622. The second-order valence-corrected chi connectivity index (χ2v) is 7.38. The highest BCUT2D eigenvalue weighted by Gasteiger charge is 2.64. The van der Waals surface area contributed by atoms with Crippen LogP contribution in [0.5, 0.6) is 0 Å². The van der Waals surface area contributed by atoms with E-state index >= 15 is 0 Å². The van der Waals surface area contributed by atoms with Crippen molar-refractivity contribution in [3.63, 3.8) is 0 Å². The average Bonchev–Trinajstić information content (AvgIpc) is 2.65. The highest BCUT2D eigenvalue weighted by Crippen LogP contribution is 2.72. The van der Waals surface area contributed by atoms with E-state index in [1.165, 1.54) is 32.1 Å². The van der Waals surface area contributed by atoms with E-state index < -0.39 is 0 Å². The summed E-state index contributed by atoms with van der Waals surface area (Å²) in [6.45, 7) is 7.87. The van der Waals surface area contributed by atoms with Crippen molar-refractivity contribution < 1.29 is 5.11 Å². The molecule has 0 heterocycles. The van der Waals surface area contributed by atoms with Gasteiger partial charge in [-0.25, -0.2) is 0 Å². The maximum absolute atomic E-state index is 9.57. The van der Waals surface area contributed by atoms with Crippen LogP contribution in [0.3, 0.4) is 0 Å². The SMILES string of the molecule is C[C@@H]1CC[C@H]2C(C)(C)[C@@H]3C[C@]12CC[C@@H]3CO. The molecule has 1 N–H and O–H groups in total. The molecule has 0 radical (unpaired) electrons. The first-order valence-corrected chi connectivity index (χ1v) is 7.13. The summed E-state index contributed by atoms with van der Waals surface area (Å²) in [5, 5.41) is 9.57. The topological polar surface area (TPSA) is 20.2 Å². The van der Waals surface area contributed by atoms with Crippen molar-refractivity contribution in [2.75, 3.05) is 6.61 Å². The van der Waals surface area contributed by atoms with Gasteiger partial charge in [0.1, 0.15) is 0 Å². The predicted molar refractivity (Wildman–Crippen MR) is 66.0 cm³/mol. The van der Waals surface area contributed by atoms with Gasteiger partial charge in [0.05, 0.1) is 0 Å². The third-order valence-electron chi connectivity index (χ3n) is 6.80. The van der Waals surface area contributed by atoms with Crippen LogP contribution in [0, 0.1) is 34.5 Å². The summed E-state index contributed by atoms with van der Waals surface area (Å²) < 4.78 is 0. The predicted octanol–water partition coefficient (Wildman–Crippen LogP) is 3.47. The summed E-state index contributed by atoms with van der Waals surface area (Å²) >= 11 is 0. The molecule has 3 aliphatic carbocycles. The minimum atomic E-state index is 0.422. The molecule has 2 bridgehead atoms. The summed E-state index contributed by atoms with van der Waals surface area (Å²) in [5.74, 6) is 3.26. The van der Waals surface area contributed by atoms with Crippen molar-refractivity contribution in [1.82, 2.24) is 0 Å². The Hall–Kier alpha value is -0.0400. The third-order valence-corrected chi connectivity index (χ3v) is 6.80. The smallest absolute Gasteiger partial charge is 0.0462 e. The number of aliphatic hydroxyl groups is 1. The first-order chi connectivity index (χ1) is 7.52. The van der Waals surface area contributed by atoms with Crippen molar-refractivity contribution in [2.24, 2.45) is 34.5 Å². The quantitative estimate of drug-likeness (QED) is 0.720. The van der Waals surface area contributed by atoms with Crippen LogP contribution in [0.25, 0.3) is 0 Å². The van der Waals surface area contributed by atoms with Crippen molar-refractivity contribution in [2.45, 2.75) is 52.9 Å². The summed E-state index contributed by atoms with van der Waals surface area (Å²) in [7, 11) is 0. The summed E-state index contributed by atoms with van der Waals surface area (Å²) in [4.78, 5) is 0. The zero-order valence-electron chi connectivity index (χ0n) is 11.0. The van der Waals surface area contributed by atoms with Gasteiger partial charge in [0.25, 0.3) is 0 Å². The van der Waals surface area contributed by atoms with Gasteiger partial charge >= 0.3 is 0 Å². The van der Waals surface area contributed by atoms with Crippen LogP contribution in [-0.2, 0) is 0 Å². The largest absolute Gasteiger partial charge is 0.396 e. The van der Waals surface area contributed by atoms with Gasteiger partial charge in [-0.05, 0) is 66.6 Å². The molecule has 0 aromatic carbocycles. The molecule has 3 rings (SSSR count). The van der Waals surface area contributed by atoms with Crippen molar-refractivity contribution in [3.8, 4) is 0 Å². The fraction of sp³-hybridized carbons (Fsp3) is 1.00. The molecule has 0 saturated heterocycles. The molecule has 0 aromatic heterocycles. The number of rotatable bonds is 1. The molecule has 0 amide bonds. The molecule has 1 heteroatoms. The van der Waals surface area contributed by atoms with E-state index in [9.17, 15) is 5.11 Å². The minimum Gasteiger partial charge on any atom is -0.396 e. The van der Waals surface area contributed by atoms with Gasteiger partial charge in [-0.1, -0.05) is 20.8 Å². The maximum atomic E-state index is 9.57. The molecule has 3 fully saturated rings. The molecule has 1 nitrogen and oxygen atoms in total. The van der Waals surface area contributed by atoms with Crippen molar-refractivity contribution >= 4 is 0 Å². The minimum absolute atomic E-state index is 0.422. The van der Waals surface area contributed by atoms with Crippen LogP contribution in [0.2, 0.25) is 0 Å². The van der Waals surface area contributed by atoms with Crippen LogP contribution in [0.15, 0.2) is 0 Å². The Labute approximate surface area is 99.6 Å². The van der Waals surface area contributed by atoms with Gasteiger partial charge in [0.15, 0.2) is 0 Å². The highest BCUT2D eigenvalue weighted by atomic mass is 16.3. The number of hydrogen-bond acceptors (Lipinski definition) is 1. The van der Waals surface area contributed by atoms with Crippen molar-refractivity contribution in [1.29, 1.82) is 0 Å². The normalized spacial score (nSPS) is 54.0. The van der Waals surface area contributed by atoms with Crippen LogP contribution in [0.4, 0.5) is 0 Å². The number of hydrogen-bond donors (Lipinski definition) is 1. The van der Waals surface area contributed by atoms with Crippen LogP contribution in [0.1, 0.15) is 52.9 Å². The Bertz CT molecular complexity index is 296. The standard InChI is InChI=1S/C15H26O/c1-10-4-5-13-14(2,3)12-8-15(10,13)7-6-11(12)9-16/h10-13,16H,4-9H2,1-3H3/t10-,11-,12-,13+,15-/m1/s1. The zero-order valence-corrected chi connectivity index (χ0v) is 11.0. The lowest BCUT2D eigenvalue weighted by atomic mass is 9.65. The molecule has 0 aliphatic heterocycles. The fourth-order valence-corrected chi connectivity index (χ4v) is 5.89. The van der Waals surface area contributed by atoms with Crippen LogP contribution < -0.4 is 0 Å². The summed E-state index contributed by atoms with van der Waals surface area (Å²) in [6, 6.07) is 0. The second kappa shape index (κ2) is 3.25. The molecule has 5 atom stereocenters. The Kier molecular flexibility index (Phi) is 2.25. The number of aliphatic hydroxyl groups excluding tert-OH is 1. The van der Waals surface area contributed by atoms with Gasteiger partial charge in [-0.15, -0.1) is 0 Å². The Morgan fingerprint density at radius 2 is 1.94 bits per heavy atom. The molecular formula is C15H26O. The maximum Gasteiger partial charge on any atom is 0.0462 e. The van der Waals surface area contributed by atoms with Crippen molar-refractivity contribution in [3.05, 3.63) is 0 Å². The first-order valence-electron chi connectivity index (χ1n) is 7.13.